The highest BCUT2D eigenvalue weighted by Gasteiger charge is 2.23. The minimum absolute atomic E-state index is 0.0512. The van der Waals surface area contributed by atoms with E-state index in [9.17, 15) is 4.79 Å². The molecule has 0 radical (unpaired) electrons. The second kappa shape index (κ2) is 3.49. The number of carbonyl (C=O) groups is 1. The molecular weight excluding hydrogens is 186 g/mol. The van der Waals surface area contributed by atoms with Crippen molar-refractivity contribution < 1.29 is 4.79 Å². The van der Waals surface area contributed by atoms with Crippen LogP contribution in [0.15, 0.2) is 5.16 Å². The maximum atomic E-state index is 11.2. The standard InChI is InChI=1S/C8H11N3OS/c1-2-3-4-6-9-8-11(10-6)7(12)5-13-8/h2-5H2,1H3. The first-order valence-corrected chi connectivity index (χ1v) is 5.41. The number of hydrogen-bond acceptors (Lipinski definition) is 4. The Morgan fingerprint density at radius 2 is 2.46 bits per heavy atom. The lowest BCUT2D eigenvalue weighted by Crippen LogP contribution is -2.09. The Labute approximate surface area is 80.7 Å². The molecule has 2 heterocycles. The fraction of sp³-hybridized carbons (Fsp3) is 0.625. The molecule has 0 spiro atoms. The Kier molecular flexibility index (Phi) is 2.35. The van der Waals surface area contributed by atoms with Gasteiger partial charge in [0, 0.05) is 6.42 Å². The Morgan fingerprint density at radius 1 is 1.62 bits per heavy atom. The van der Waals surface area contributed by atoms with Crippen LogP contribution in [0.4, 0.5) is 0 Å². The maximum Gasteiger partial charge on any atom is 0.259 e. The van der Waals surface area contributed by atoms with Crippen LogP contribution < -0.4 is 0 Å². The topological polar surface area (TPSA) is 47.8 Å². The van der Waals surface area contributed by atoms with Crippen LogP contribution in [0.1, 0.15) is 30.4 Å². The van der Waals surface area contributed by atoms with E-state index in [4.69, 9.17) is 0 Å². The van der Waals surface area contributed by atoms with Gasteiger partial charge in [-0.1, -0.05) is 25.1 Å². The fourth-order valence-corrected chi connectivity index (χ4v) is 2.03. The van der Waals surface area contributed by atoms with Gasteiger partial charge in [0.2, 0.25) is 0 Å². The average Bonchev–Trinajstić information content (AvgIpc) is 2.65. The van der Waals surface area contributed by atoms with Crippen molar-refractivity contribution in [2.24, 2.45) is 0 Å². The Balaban J connectivity index is 2.14. The third-order valence-electron chi connectivity index (χ3n) is 1.94. The van der Waals surface area contributed by atoms with Crippen LogP contribution >= 0.6 is 11.8 Å². The number of carbonyl (C=O) groups excluding carboxylic acids is 1. The Morgan fingerprint density at radius 3 is 3.15 bits per heavy atom. The van der Waals surface area contributed by atoms with Crippen molar-refractivity contribution >= 4 is 17.7 Å². The summed E-state index contributed by atoms with van der Waals surface area (Å²) in [5, 5.41) is 4.90. The van der Waals surface area contributed by atoms with Gasteiger partial charge in [0.1, 0.15) is 0 Å². The molecule has 1 aromatic rings. The van der Waals surface area contributed by atoms with E-state index in [1.807, 2.05) is 0 Å². The van der Waals surface area contributed by atoms with Gasteiger partial charge in [0.25, 0.3) is 5.91 Å². The van der Waals surface area contributed by atoms with Crippen LogP contribution in [0.5, 0.6) is 0 Å². The van der Waals surface area contributed by atoms with Gasteiger partial charge in [-0.3, -0.25) is 4.79 Å². The second-order valence-corrected chi connectivity index (χ2v) is 3.95. The number of thioether (sulfide) groups is 1. The smallest absolute Gasteiger partial charge is 0.259 e. The maximum absolute atomic E-state index is 11.2. The second-order valence-electron chi connectivity index (χ2n) is 3.01. The van der Waals surface area contributed by atoms with Crippen LogP contribution in [0.2, 0.25) is 0 Å². The zero-order valence-corrected chi connectivity index (χ0v) is 8.30. The Hall–Kier alpha value is -0.840. The van der Waals surface area contributed by atoms with E-state index in [2.05, 4.69) is 17.0 Å². The van der Waals surface area contributed by atoms with E-state index in [-0.39, 0.29) is 5.91 Å². The van der Waals surface area contributed by atoms with E-state index in [0.29, 0.717) is 5.75 Å². The number of aryl methyl sites for hydroxylation is 1. The molecule has 1 aromatic heterocycles. The molecule has 0 aliphatic carbocycles. The fourth-order valence-electron chi connectivity index (χ4n) is 1.22. The molecule has 5 heteroatoms. The first-order valence-electron chi connectivity index (χ1n) is 4.43. The minimum atomic E-state index is 0.0512. The highest BCUT2D eigenvalue weighted by atomic mass is 32.2. The van der Waals surface area contributed by atoms with Crippen LogP contribution in [-0.4, -0.2) is 26.4 Å². The first kappa shape index (κ1) is 8.74. The minimum Gasteiger partial charge on any atom is -0.271 e. The van der Waals surface area contributed by atoms with E-state index in [1.165, 1.54) is 16.4 Å². The number of hydrogen-bond donors (Lipinski definition) is 0. The molecule has 0 saturated carbocycles. The molecule has 0 fully saturated rings. The average molecular weight is 197 g/mol. The van der Waals surface area contributed by atoms with Gasteiger partial charge in [-0.05, 0) is 6.42 Å². The molecule has 0 atom stereocenters. The summed E-state index contributed by atoms with van der Waals surface area (Å²) in [7, 11) is 0. The third-order valence-corrected chi connectivity index (χ3v) is 2.85. The number of fused-ring (bicyclic) bond motifs is 1. The zero-order valence-electron chi connectivity index (χ0n) is 7.49. The summed E-state index contributed by atoms with van der Waals surface area (Å²) in [6.45, 7) is 2.13. The number of rotatable bonds is 3. The Bertz CT molecular complexity index is 334. The van der Waals surface area contributed by atoms with Gasteiger partial charge >= 0.3 is 0 Å². The van der Waals surface area contributed by atoms with Gasteiger partial charge < -0.3 is 0 Å². The molecule has 0 bridgehead atoms. The summed E-state index contributed by atoms with van der Waals surface area (Å²) in [4.78, 5) is 15.5. The summed E-state index contributed by atoms with van der Waals surface area (Å²) in [6.07, 6.45) is 3.09. The highest BCUT2D eigenvalue weighted by molar-refractivity contribution is 8.00. The molecule has 0 N–H and O–H groups in total. The van der Waals surface area contributed by atoms with Crippen molar-refractivity contribution in [3.05, 3.63) is 5.82 Å². The summed E-state index contributed by atoms with van der Waals surface area (Å²) in [6, 6.07) is 0. The lowest BCUT2D eigenvalue weighted by Gasteiger charge is -1.91. The number of aromatic nitrogens is 3. The van der Waals surface area contributed by atoms with Gasteiger partial charge in [-0.2, -0.15) is 4.68 Å². The predicted octanol–water partition coefficient (Wildman–Crippen LogP) is 1.37. The molecule has 0 saturated heterocycles. The van der Waals surface area contributed by atoms with Crippen molar-refractivity contribution in [3.8, 4) is 0 Å². The van der Waals surface area contributed by atoms with Crippen LogP contribution in [0.3, 0.4) is 0 Å². The summed E-state index contributed by atoms with van der Waals surface area (Å²) < 4.78 is 1.43. The van der Waals surface area contributed by atoms with Crippen molar-refractivity contribution in [1.82, 2.24) is 14.8 Å². The molecule has 13 heavy (non-hydrogen) atoms. The molecule has 1 aliphatic heterocycles. The van der Waals surface area contributed by atoms with Crippen LogP contribution in [-0.2, 0) is 6.42 Å². The van der Waals surface area contributed by atoms with Crippen molar-refractivity contribution in [1.29, 1.82) is 0 Å². The van der Waals surface area contributed by atoms with E-state index in [0.717, 1.165) is 30.2 Å². The lowest BCUT2D eigenvalue weighted by atomic mass is 10.2. The van der Waals surface area contributed by atoms with Gasteiger partial charge in [0.15, 0.2) is 11.0 Å². The van der Waals surface area contributed by atoms with Crippen LogP contribution in [0.25, 0.3) is 0 Å². The van der Waals surface area contributed by atoms with Crippen molar-refractivity contribution in [3.63, 3.8) is 0 Å². The van der Waals surface area contributed by atoms with Crippen molar-refractivity contribution in [2.75, 3.05) is 5.75 Å². The molecule has 0 unspecified atom stereocenters. The van der Waals surface area contributed by atoms with Gasteiger partial charge in [-0.15, -0.1) is 5.10 Å². The van der Waals surface area contributed by atoms with Crippen molar-refractivity contribution in [2.45, 2.75) is 31.3 Å². The largest absolute Gasteiger partial charge is 0.271 e. The molecule has 1 aliphatic rings. The monoisotopic (exact) mass is 197 g/mol. The summed E-state index contributed by atoms with van der Waals surface area (Å²) >= 11 is 1.47. The molecule has 4 nitrogen and oxygen atoms in total. The summed E-state index contributed by atoms with van der Waals surface area (Å²) in [5.41, 5.74) is 0. The molecule has 70 valence electrons. The molecule has 2 rings (SSSR count). The SMILES string of the molecule is CCCCc1nc2n(n1)C(=O)CS2. The van der Waals surface area contributed by atoms with E-state index in [1.54, 1.807) is 0 Å². The summed E-state index contributed by atoms with van der Waals surface area (Å²) in [5.74, 6) is 1.34. The molecular formula is C8H11N3OS. The number of nitrogens with zero attached hydrogens (tertiary/aromatic N) is 3. The van der Waals surface area contributed by atoms with Gasteiger partial charge in [-0.25, -0.2) is 4.98 Å². The van der Waals surface area contributed by atoms with Gasteiger partial charge in [0.05, 0.1) is 5.75 Å². The third kappa shape index (κ3) is 1.60. The number of unbranched alkanes of at least 4 members (excludes halogenated alkanes) is 1. The highest BCUT2D eigenvalue weighted by Crippen LogP contribution is 2.22. The zero-order chi connectivity index (χ0) is 9.26. The predicted molar refractivity (Wildman–Crippen MR) is 50.0 cm³/mol. The van der Waals surface area contributed by atoms with E-state index >= 15 is 0 Å². The quantitative estimate of drug-likeness (QED) is 0.734. The normalized spacial score (nSPS) is 15.0. The van der Waals surface area contributed by atoms with Crippen LogP contribution in [0, 0.1) is 0 Å². The molecule has 0 amide bonds. The first-order chi connectivity index (χ1) is 6.31. The molecule has 0 aromatic carbocycles. The van der Waals surface area contributed by atoms with E-state index < -0.39 is 0 Å². The lowest BCUT2D eigenvalue weighted by molar-refractivity contribution is 0.0923.